The van der Waals surface area contributed by atoms with Gasteiger partial charge in [0, 0.05) is 0 Å². The van der Waals surface area contributed by atoms with Crippen molar-refractivity contribution in [2.45, 2.75) is 52.4 Å². The van der Waals surface area contributed by atoms with Gasteiger partial charge in [-0.05, 0) is 0 Å². The maximum atomic E-state index is 2.40. The second kappa shape index (κ2) is 10.9. The van der Waals surface area contributed by atoms with Gasteiger partial charge in [0.2, 0.25) is 0 Å². The summed E-state index contributed by atoms with van der Waals surface area (Å²) in [6.07, 6.45) is 17.3. The van der Waals surface area contributed by atoms with E-state index >= 15 is 0 Å². The van der Waals surface area contributed by atoms with Gasteiger partial charge in [-0.1, -0.05) is 0 Å². The van der Waals surface area contributed by atoms with Crippen molar-refractivity contribution < 1.29 is 70.9 Å². The average Bonchev–Trinajstić information content (AvgIpc) is 2.92. The van der Waals surface area contributed by atoms with Gasteiger partial charge in [0.05, 0.1) is 0 Å². The minimum absolute atomic E-state index is 0. The van der Waals surface area contributed by atoms with E-state index in [0.29, 0.717) is 0 Å². The fourth-order valence-electron chi connectivity index (χ4n) is 2.55. The van der Waals surface area contributed by atoms with E-state index in [2.05, 4.69) is 38.2 Å². The molecule has 0 fully saturated rings. The summed E-state index contributed by atoms with van der Waals surface area (Å²) < 4.78 is 3.75. The van der Waals surface area contributed by atoms with Crippen LogP contribution < -0.4 is 48.0 Å². The second-order valence-corrected chi connectivity index (χ2v) is 10.1. The zero-order valence-corrected chi connectivity index (χ0v) is 19.7. The molecule has 3 heteroatoms. The fourth-order valence-corrected chi connectivity index (χ4v) is 8.09. The van der Waals surface area contributed by atoms with Crippen LogP contribution >= 0.6 is 0 Å². The molecule has 0 aromatic heterocycles. The standard InChI is InChI=1S/2C8H11.Hf.2HI/c2*1-2-5-8-6-3-4-7-8;;;/h2*3,6H,2,4-5H2,1H3;;2*1H/q;;+2;;/p-2. The van der Waals surface area contributed by atoms with Crippen molar-refractivity contribution in [3.8, 4) is 0 Å². The Balaban J connectivity index is 0.00000162. The summed E-state index contributed by atoms with van der Waals surface area (Å²) in [4.78, 5) is 0. The first kappa shape index (κ1) is 20.3. The first-order valence-corrected chi connectivity index (χ1v) is 10.5. The summed E-state index contributed by atoms with van der Waals surface area (Å²) >= 11 is -0.683. The molecule has 104 valence electrons. The van der Waals surface area contributed by atoms with Crippen LogP contribution in [0.4, 0.5) is 0 Å². The van der Waals surface area contributed by atoms with Crippen LogP contribution in [0.3, 0.4) is 0 Å². The van der Waals surface area contributed by atoms with Crippen LogP contribution in [-0.4, -0.2) is 0 Å². The minimum Gasteiger partial charge on any atom is -1.00 e. The predicted molar refractivity (Wildman–Crippen MR) is 71.4 cm³/mol. The SMILES string of the molecule is CCCC1=[C]([Hf+2][C]2=C(CCC)C=CC2)CC=C1.[I-].[I-]. The molecule has 0 heterocycles. The van der Waals surface area contributed by atoms with E-state index in [1.807, 2.05) is 6.66 Å². The number of hydrogen-bond acceptors (Lipinski definition) is 0. The van der Waals surface area contributed by atoms with Crippen molar-refractivity contribution in [3.63, 3.8) is 0 Å². The van der Waals surface area contributed by atoms with Crippen molar-refractivity contribution >= 4 is 0 Å². The molecule has 0 atom stereocenters. The number of halogens is 2. The largest absolute Gasteiger partial charge is 1.00 e. The molecule has 2 aliphatic carbocycles. The summed E-state index contributed by atoms with van der Waals surface area (Å²) in [7, 11) is 0. The van der Waals surface area contributed by atoms with Crippen LogP contribution in [0.15, 0.2) is 42.1 Å². The molecule has 2 rings (SSSR count). The predicted octanol–water partition coefficient (Wildman–Crippen LogP) is -0.895. The summed E-state index contributed by atoms with van der Waals surface area (Å²) in [6.45, 7) is 4.59. The number of hydrogen-bond donors (Lipinski definition) is 0. The van der Waals surface area contributed by atoms with Crippen molar-refractivity contribution in [1.82, 2.24) is 0 Å². The van der Waals surface area contributed by atoms with Crippen molar-refractivity contribution in [3.05, 3.63) is 42.1 Å². The fraction of sp³-hybridized carbons (Fsp3) is 0.500. The molecule has 0 spiro atoms. The zero-order valence-electron chi connectivity index (χ0n) is 11.8. The third-order valence-corrected chi connectivity index (χ3v) is 9.34. The summed E-state index contributed by atoms with van der Waals surface area (Å²) in [5.41, 5.74) is 3.40. The van der Waals surface area contributed by atoms with Crippen molar-refractivity contribution in [1.29, 1.82) is 0 Å². The molecule has 0 bridgehead atoms. The smallest absolute Gasteiger partial charge is 1.00 e. The van der Waals surface area contributed by atoms with Crippen LogP contribution in [0.2, 0.25) is 0 Å². The van der Waals surface area contributed by atoms with Gasteiger partial charge in [0.25, 0.3) is 0 Å². The Labute approximate surface area is 163 Å². The van der Waals surface area contributed by atoms with Gasteiger partial charge in [-0.3, -0.25) is 0 Å². The first-order chi connectivity index (χ1) is 8.35. The van der Waals surface area contributed by atoms with Gasteiger partial charge in [-0.2, -0.15) is 0 Å². The third kappa shape index (κ3) is 5.89. The maximum absolute atomic E-state index is 2.40. The van der Waals surface area contributed by atoms with E-state index in [4.69, 9.17) is 0 Å². The van der Waals surface area contributed by atoms with E-state index in [0.717, 1.165) is 0 Å². The number of allylic oxidation sites excluding steroid dienone is 8. The van der Waals surface area contributed by atoms with Crippen LogP contribution in [-0.2, 0) is 22.9 Å². The first-order valence-electron chi connectivity index (χ1n) is 6.89. The van der Waals surface area contributed by atoms with Gasteiger partial charge < -0.3 is 48.0 Å². The average molecular weight is 647 g/mol. The third-order valence-electron chi connectivity index (χ3n) is 3.40. The molecule has 0 aliphatic heterocycles. The Morgan fingerprint density at radius 1 is 0.842 bits per heavy atom. The van der Waals surface area contributed by atoms with Gasteiger partial charge >= 0.3 is 117 Å². The molecule has 2 aliphatic rings. The molecular formula is C16H22HfI2. The molecule has 0 aromatic carbocycles. The summed E-state index contributed by atoms with van der Waals surface area (Å²) in [6, 6.07) is 0. The van der Waals surface area contributed by atoms with Crippen LogP contribution in [0.5, 0.6) is 0 Å². The molecule has 0 nitrogen and oxygen atoms in total. The van der Waals surface area contributed by atoms with E-state index in [-0.39, 0.29) is 48.0 Å². The second-order valence-electron chi connectivity index (χ2n) is 4.85. The molecule has 19 heavy (non-hydrogen) atoms. The van der Waals surface area contributed by atoms with Crippen LogP contribution in [0.25, 0.3) is 0 Å². The number of rotatable bonds is 6. The van der Waals surface area contributed by atoms with Crippen molar-refractivity contribution in [2.24, 2.45) is 0 Å². The summed E-state index contributed by atoms with van der Waals surface area (Å²) in [5.74, 6) is 0. The molecule has 0 N–H and O–H groups in total. The monoisotopic (exact) mass is 648 g/mol. The molecule has 0 amide bonds. The van der Waals surface area contributed by atoms with Gasteiger partial charge in [-0.15, -0.1) is 0 Å². The van der Waals surface area contributed by atoms with E-state index in [1.165, 1.54) is 38.5 Å². The normalized spacial score (nSPS) is 16.5. The zero-order chi connectivity index (χ0) is 12.1. The molecule has 0 radical (unpaired) electrons. The molecular weight excluding hydrogens is 624 g/mol. The molecule has 0 unspecified atom stereocenters. The Kier molecular flexibility index (Phi) is 11.7. The minimum atomic E-state index is -0.683. The Bertz CT molecular complexity index is 365. The Morgan fingerprint density at radius 2 is 1.26 bits per heavy atom. The maximum Gasteiger partial charge on any atom is -1.00 e. The van der Waals surface area contributed by atoms with Gasteiger partial charge in [0.15, 0.2) is 0 Å². The molecule has 0 saturated heterocycles. The molecule has 0 saturated carbocycles. The van der Waals surface area contributed by atoms with E-state index in [9.17, 15) is 0 Å². The Morgan fingerprint density at radius 3 is 1.63 bits per heavy atom. The van der Waals surface area contributed by atoms with Gasteiger partial charge in [-0.25, -0.2) is 0 Å². The van der Waals surface area contributed by atoms with E-state index in [1.54, 1.807) is 11.1 Å². The van der Waals surface area contributed by atoms with Crippen molar-refractivity contribution in [2.75, 3.05) is 0 Å². The quantitative estimate of drug-likeness (QED) is 0.260. The summed E-state index contributed by atoms with van der Waals surface area (Å²) in [5, 5.41) is 0. The topological polar surface area (TPSA) is 0 Å². The van der Waals surface area contributed by atoms with Crippen LogP contribution in [0.1, 0.15) is 52.4 Å². The Hall–Kier alpha value is 1.29. The molecule has 0 aromatic rings. The van der Waals surface area contributed by atoms with Crippen LogP contribution in [0, 0.1) is 0 Å². The van der Waals surface area contributed by atoms with Gasteiger partial charge in [0.1, 0.15) is 0 Å². The van der Waals surface area contributed by atoms with E-state index < -0.39 is 22.9 Å².